The lowest BCUT2D eigenvalue weighted by atomic mass is 10.1. The number of carbonyl (C=O) groups is 4. The monoisotopic (exact) mass is 683 g/mol. The molecule has 0 atom stereocenters. The molecule has 50 heavy (non-hydrogen) atoms. The highest BCUT2D eigenvalue weighted by molar-refractivity contribution is 6.08. The Hall–Kier alpha value is -7.38. The van der Waals surface area contributed by atoms with Crippen LogP contribution in [-0.2, 0) is 6.42 Å². The molecule has 6 aromatic rings. The first-order valence-corrected chi connectivity index (χ1v) is 14.2. The van der Waals surface area contributed by atoms with Crippen LogP contribution < -0.4 is 20.1 Å². The van der Waals surface area contributed by atoms with Crippen molar-refractivity contribution in [1.29, 1.82) is 0 Å². The highest BCUT2D eigenvalue weighted by Gasteiger charge is 2.22. The topological polar surface area (TPSA) is 251 Å². The number of aromatic carboxylic acids is 2. The fourth-order valence-electron chi connectivity index (χ4n) is 4.60. The van der Waals surface area contributed by atoms with E-state index in [1.807, 2.05) is 0 Å². The minimum absolute atomic E-state index is 0.00509. The number of ether oxygens (including phenoxy) is 2. The van der Waals surface area contributed by atoms with E-state index < -0.39 is 35.1 Å². The second-order valence-electron chi connectivity index (χ2n) is 10.1. The van der Waals surface area contributed by atoms with Crippen molar-refractivity contribution in [3.05, 3.63) is 101 Å². The zero-order valence-electron chi connectivity index (χ0n) is 25.5. The summed E-state index contributed by atoms with van der Waals surface area (Å²) in [4.78, 5) is 53.7. The van der Waals surface area contributed by atoms with Gasteiger partial charge in [-0.05, 0) is 52.4 Å². The van der Waals surface area contributed by atoms with E-state index in [9.17, 15) is 29.4 Å². The summed E-state index contributed by atoms with van der Waals surface area (Å²) in [6.45, 7) is -0.231. The lowest BCUT2D eigenvalue weighted by Gasteiger charge is -2.16. The van der Waals surface area contributed by atoms with Crippen molar-refractivity contribution in [3.8, 4) is 17.3 Å². The number of nitrogens with zero attached hydrogens (tertiary/aromatic N) is 9. The normalized spacial score (nSPS) is 10.8. The Morgan fingerprint density at radius 3 is 2.26 bits per heavy atom. The van der Waals surface area contributed by atoms with E-state index in [4.69, 9.17) is 9.47 Å². The van der Waals surface area contributed by atoms with Gasteiger partial charge in [0, 0.05) is 30.9 Å². The van der Waals surface area contributed by atoms with Crippen molar-refractivity contribution in [3.63, 3.8) is 0 Å². The molecule has 4 N–H and O–H groups in total. The molecular formula is C30H22FN11O8. The van der Waals surface area contributed by atoms with Gasteiger partial charge in [-0.15, -0.1) is 25.0 Å². The number of benzene rings is 2. The Labute approximate surface area is 278 Å². The Balaban J connectivity index is 1.19. The van der Waals surface area contributed by atoms with Crippen LogP contribution in [0.25, 0.3) is 11.5 Å². The number of imidazole rings is 1. The Bertz CT molecular complexity index is 2260. The van der Waals surface area contributed by atoms with Crippen molar-refractivity contribution >= 4 is 40.8 Å². The number of amides is 2. The predicted octanol–water partition coefficient (Wildman–Crippen LogP) is 2.17. The molecule has 19 nitrogen and oxygen atoms in total. The second kappa shape index (κ2) is 13.8. The average molecular weight is 684 g/mol. The molecule has 0 fully saturated rings. The van der Waals surface area contributed by atoms with E-state index in [0.29, 0.717) is 5.82 Å². The Morgan fingerprint density at radius 2 is 1.58 bits per heavy atom. The number of rotatable bonds is 12. The molecular weight excluding hydrogens is 661 g/mol. The van der Waals surface area contributed by atoms with Gasteiger partial charge in [0.05, 0.1) is 36.2 Å². The molecule has 0 spiro atoms. The summed E-state index contributed by atoms with van der Waals surface area (Å²) in [6, 6.07) is 9.92. The third-order valence-electron chi connectivity index (χ3n) is 7.03. The van der Waals surface area contributed by atoms with E-state index in [2.05, 4.69) is 46.4 Å². The lowest BCUT2D eigenvalue weighted by Crippen LogP contribution is -2.18. The van der Waals surface area contributed by atoms with Crippen LogP contribution in [0.2, 0.25) is 0 Å². The van der Waals surface area contributed by atoms with Gasteiger partial charge in [0.25, 0.3) is 11.8 Å². The van der Waals surface area contributed by atoms with Gasteiger partial charge in [0.15, 0.2) is 34.4 Å². The summed E-state index contributed by atoms with van der Waals surface area (Å²) in [5, 5.41) is 46.9. The van der Waals surface area contributed by atoms with Gasteiger partial charge in [-0.25, -0.2) is 19.0 Å². The third-order valence-corrected chi connectivity index (χ3v) is 7.03. The quantitative estimate of drug-likeness (QED) is 0.144. The molecule has 20 heteroatoms. The molecule has 6 rings (SSSR count). The fraction of sp³-hybridized carbons (Fsp3) is 0.100. The molecule has 0 aliphatic heterocycles. The van der Waals surface area contributed by atoms with Crippen LogP contribution >= 0.6 is 0 Å². The molecule has 0 aliphatic rings. The molecule has 4 heterocycles. The molecule has 252 valence electrons. The van der Waals surface area contributed by atoms with Crippen LogP contribution in [0.5, 0.6) is 11.5 Å². The summed E-state index contributed by atoms with van der Waals surface area (Å²) in [5.74, 6) is -4.96. The van der Waals surface area contributed by atoms with E-state index in [1.54, 1.807) is 17.0 Å². The number of nitrogens with one attached hydrogen (secondary N) is 2. The number of aromatic nitrogens is 9. The molecule has 0 aliphatic carbocycles. The SMILES string of the molecule is COc1cc(C(=O)O)c(NC(=O)c2ccc(-n3ccnc3)nn2)cc1OCCc1cc(NC(=O)c2ccc3nnnn3n2)c(C(=O)O)cc1F. The van der Waals surface area contributed by atoms with Gasteiger partial charge in [-0.2, -0.15) is 0 Å². The van der Waals surface area contributed by atoms with Crippen molar-refractivity contribution < 1.29 is 43.3 Å². The Morgan fingerprint density at radius 1 is 0.860 bits per heavy atom. The predicted molar refractivity (Wildman–Crippen MR) is 166 cm³/mol. The molecule has 0 saturated heterocycles. The summed E-state index contributed by atoms with van der Waals surface area (Å²) in [5.41, 5.74) is -1.23. The summed E-state index contributed by atoms with van der Waals surface area (Å²) >= 11 is 0. The van der Waals surface area contributed by atoms with Crippen LogP contribution in [0.4, 0.5) is 15.8 Å². The smallest absolute Gasteiger partial charge is 0.337 e. The zero-order valence-corrected chi connectivity index (χ0v) is 25.5. The van der Waals surface area contributed by atoms with E-state index in [0.717, 1.165) is 22.8 Å². The number of anilines is 2. The number of carboxylic acids is 2. The van der Waals surface area contributed by atoms with Crippen LogP contribution in [0, 0.1) is 5.82 Å². The van der Waals surface area contributed by atoms with Gasteiger partial charge in [-0.1, -0.05) is 0 Å². The van der Waals surface area contributed by atoms with Gasteiger partial charge < -0.3 is 30.3 Å². The van der Waals surface area contributed by atoms with Gasteiger partial charge in [-0.3, -0.25) is 14.2 Å². The van der Waals surface area contributed by atoms with Crippen LogP contribution in [0.1, 0.15) is 47.3 Å². The number of halogens is 1. The number of carbonyl (C=O) groups excluding carboxylic acids is 2. The standard InChI is InChI=1S/C30H22FN11O8/c1-49-23-12-17(30(47)48)22(34-27(43)19-2-4-25(36-35-19)41-8-7-32-14-41)13-24(23)50-9-6-15-10-21(16(29(45)46)11-18(15)31)33-28(44)20-3-5-26-37-39-40-42(26)38-20/h2-5,7-8,10-14H,6,9H2,1H3,(H,33,44)(H,34,43)(H,45,46)(H,47,48). The maximum atomic E-state index is 15.1. The second-order valence-corrected chi connectivity index (χ2v) is 10.1. The van der Waals surface area contributed by atoms with Crippen LogP contribution in [-0.4, -0.2) is 92.7 Å². The van der Waals surface area contributed by atoms with Gasteiger partial charge in [0.2, 0.25) is 0 Å². The first-order valence-electron chi connectivity index (χ1n) is 14.2. The number of methoxy groups -OCH3 is 1. The molecule has 0 bridgehead atoms. The minimum Gasteiger partial charge on any atom is -0.493 e. The highest BCUT2D eigenvalue weighted by atomic mass is 19.1. The molecule has 0 radical (unpaired) electrons. The highest BCUT2D eigenvalue weighted by Crippen LogP contribution is 2.34. The average Bonchev–Trinajstić information content (AvgIpc) is 3.82. The zero-order chi connectivity index (χ0) is 35.4. The van der Waals surface area contributed by atoms with Gasteiger partial charge in [0.1, 0.15) is 12.1 Å². The minimum atomic E-state index is -1.50. The number of hydrogen-bond acceptors (Lipinski definition) is 13. The first-order chi connectivity index (χ1) is 24.1. The third kappa shape index (κ3) is 6.83. The maximum Gasteiger partial charge on any atom is 0.337 e. The number of carboxylic acid groups (broad SMARTS) is 2. The largest absolute Gasteiger partial charge is 0.493 e. The van der Waals surface area contributed by atoms with E-state index >= 15 is 4.39 Å². The Kier molecular flexibility index (Phi) is 8.97. The van der Waals surface area contributed by atoms with E-state index in [1.165, 1.54) is 43.8 Å². The van der Waals surface area contributed by atoms with Crippen molar-refractivity contribution in [2.24, 2.45) is 0 Å². The molecule has 4 aromatic heterocycles. The van der Waals surface area contributed by atoms with Crippen molar-refractivity contribution in [2.75, 3.05) is 24.4 Å². The number of tetrazole rings is 1. The van der Waals surface area contributed by atoms with Gasteiger partial charge >= 0.3 is 11.9 Å². The summed E-state index contributed by atoms with van der Waals surface area (Å²) in [6.07, 6.45) is 4.53. The summed E-state index contributed by atoms with van der Waals surface area (Å²) < 4.78 is 28.7. The maximum absolute atomic E-state index is 15.1. The fourth-order valence-corrected chi connectivity index (χ4v) is 4.60. The van der Waals surface area contributed by atoms with Crippen molar-refractivity contribution in [2.45, 2.75) is 6.42 Å². The molecule has 0 unspecified atom stereocenters. The first kappa shape index (κ1) is 32.6. The lowest BCUT2D eigenvalue weighted by molar-refractivity contribution is 0.0686. The van der Waals surface area contributed by atoms with Crippen LogP contribution in [0.15, 0.2) is 67.3 Å². The molecule has 2 aromatic carbocycles. The molecule has 2 amide bonds. The van der Waals surface area contributed by atoms with Crippen LogP contribution in [0.3, 0.4) is 0 Å². The number of fused-ring (bicyclic) bond motifs is 1. The summed E-state index contributed by atoms with van der Waals surface area (Å²) in [7, 11) is 1.27. The van der Waals surface area contributed by atoms with E-state index in [-0.39, 0.29) is 64.1 Å². The van der Waals surface area contributed by atoms with Crippen molar-refractivity contribution in [1.82, 2.24) is 45.0 Å². The number of hydrogen-bond donors (Lipinski definition) is 4. The molecule has 0 saturated carbocycles.